The van der Waals surface area contributed by atoms with E-state index in [0.29, 0.717) is 27.4 Å². The molecule has 0 aromatic heterocycles. The number of ether oxygens (including phenoxy) is 1. The molecule has 0 radical (unpaired) electrons. The summed E-state index contributed by atoms with van der Waals surface area (Å²) in [5.41, 5.74) is 5.43. The molecular weight excluding hydrogens is 478 g/mol. The van der Waals surface area contributed by atoms with Crippen molar-refractivity contribution in [2.45, 2.75) is 26.4 Å². The number of aliphatic imine (C=N–C) groups is 1. The Balaban J connectivity index is 1.90. The van der Waals surface area contributed by atoms with Crippen LogP contribution in [0.25, 0.3) is 0 Å². The largest absolute Gasteiger partial charge is 0.463 e. The second kappa shape index (κ2) is 11.0. The summed E-state index contributed by atoms with van der Waals surface area (Å²) >= 11 is 18.5. The molecule has 5 nitrogen and oxygen atoms in total. The average Bonchev–Trinajstić information content (AvgIpc) is 2.74. The molecule has 1 atom stereocenters. The number of hydrogen-bond acceptors (Lipinski definition) is 5. The molecule has 1 N–H and O–H groups in total. The van der Waals surface area contributed by atoms with Gasteiger partial charge in [-0.25, -0.2) is 14.2 Å². The van der Waals surface area contributed by atoms with Crippen LogP contribution in [0.15, 0.2) is 70.5 Å². The molecule has 1 heterocycles. The minimum atomic E-state index is -0.554. The highest BCUT2D eigenvalue weighted by molar-refractivity contribution is 6.70. The summed E-state index contributed by atoms with van der Waals surface area (Å²) in [7, 11) is 0. The molecule has 1 aliphatic heterocycles. The number of hydroxylamine groups is 1. The van der Waals surface area contributed by atoms with Gasteiger partial charge in [0.2, 0.25) is 0 Å². The molecule has 0 saturated carbocycles. The van der Waals surface area contributed by atoms with Crippen molar-refractivity contribution in [1.29, 1.82) is 0 Å². The molecule has 2 aromatic rings. The second-order valence-electron chi connectivity index (χ2n) is 6.85. The number of carbonyl (C=O) groups excluding carboxylic acids is 1. The summed E-state index contributed by atoms with van der Waals surface area (Å²) in [6.45, 7) is 3.73. The number of esters is 1. The van der Waals surface area contributed by atoms with Crippen molar-refractivity contribution < 1.29 is 18.8 Å². The van der Waals surface area contributed by atoms with Crippen LogP contribution in [0.5, 0.6) is 0 Å². The highest BCUT2D eigenvalue weighted by atomic mass is 35.5. The Bertz CT molecular complexity index is 1100. The predicted molar refractivity (Wildman–Crippen MR) is 124 cm³/mol. The number of allylic oxidation sites excluding steroid dienone is 2. The third-order valence-electron chi connectivity index (χ3n) is 4.73. The lowest BCUT2D eigenvalue weighted by Crippen LogP contribution is -2.25. The lowest BCUT2D eigenvalue weighted by atomic mass is 9.82. The molecule has 168 valence electrons. The van der Waals surface area contributed by atoms with Gasteiger partial charge in [0.1, 0.15) is 17.6 Å². The molecule has 9 heteroatoms. The van der Waals surface area contributed by atoms with E-state index in [0.717, 1.165) is 5.56 Å². The van der Waals surface area contributed by atoms with Gasteiger partial charge in [0.25, 0.3) is 0 Å². The Hall–Kier alpha value is -2.38. The van der Waals surface area contributed by atoms with E-state index in [1.54, 1.807) is 26.0 Å². The van der Waals surface area contributed by atoms with Crippen LogP contribution < -0.4 is 5.48 Å². The molecule has 0 amide bonds. The van der Waals surface area contributed by atoms with E-state index in [1.165, 1.54) is 24.4 Å². The molecule has 0 fully saturated rings. The van der Waals surface area contributed by atoms with Crippen LogP contribution in [0.4, 0.5) is 4.39 Å². The zero-order valence-corrected chi connectivity index (χ0v) is 19.6. The van der Waals surface area contributed by atoms with Crippen molar-refractivity contribution in [2.24, 2.45) is 4.99 Å². The van der Waals surface area contributed by atoms with E-state index >= 15 is 0 Å². The zero-order valence-electron chi connectivity index (χ0n) is 17.3. The van der Waals surface area contributed by atoms with Crippen LogP contribution in [0.2, 0.25) is 10.0 Å². The van der Waals surface area contributed by atoms with Gasteiger partial charge in [-0.05, 0) is 49.2 Å². The monoisotopic (exact) mass is 496 g/mol. The van der Waals surface area contributed by atoms with Crippen molar-refractivity contribution in [3.8, 4) is 0 Å². The number of nitrogens with zero attached hydrogens (tertiary/aromatic N) is 1. The zero-order chi connectivity index (χ0) is 23.3. The normalized spacial score (nSPS) is 17.4. The molecule has 0 saturated heterocycles. The number of rotatable bonds is 7. The summed E-state index contributed by atoms with van der Waals surface area (Å²) in [5, 5.41) is 1.01. The van der Waals surface area contributed by atoms with Gasteiger partial charge in [0.05, 0.1) is 17.9 Å². The van der Waals surface area contributed by atoms with E-state index in [1.807, 2.05) is 12.1 Å². The standard InChI is InChI=1S/C23H20Cl3FN2O3/c1-3-31-23(30)20-13(2)29-22(26)18(21(20)14-4-7-16(24)8-5-14)11-28-32-12-15-6-9-17(27)10-19(15)25/h4-11,21,28H,3,12H2,1-2H3/t21-/m1/s1. The molecule has 32 heavy (non-hydrogen) atoms. The van der Waals surface area contributed by atoms with Crippen molar-refractivity contribution in [3.05, 3.63) is 92.5 Å². The van der Waals surface area contributed by atoms with Gasteiger partial charge in [0.15, 0.2) is 0 Å². The van der Waals surface area contributed by atoms with Gasteiger partial charge < -0.3 is 4.74 Å². The molecule has 0 bridgehead atoms. The number of hydrogen-bond donors (Lipinski definition) is 1. The minimum Gasteiger partial charge on any atom is -0.463 e. The fourth-order valence-corrected chi connectivity index (χ4v) is 3.88. The van der Waals surface area contributed by atoms with E-state index in [2.05, 4.69) is 10.5 Å². The molecule has 0 spiro atoms. The quantitative estimate of drug-likeness (QED) is 0.277. The number of benzene rings is 2. The molecule has 0 unspecified atom stereocenters. The van der Waals surface area contributed by atoms with Gasteiger partial charge in [0, 0.05) is 27.7 Å². The molecule has 1 aliphatic rings. The molecule has 2 aromatic carbocycles. The van der Waals surface area contributed by atoms with Crippen LogP contribution in [0, 0.1) is 5.82 Å². The third-order valence-corrected chi connectivity index (χ3v) is 5.64. The van der Waals surface area contributed by atoms with E-state index < -0.39 is 17.7 Å². The van der Waals surface area contributed by atoms with Gasteiger partial charge >= 0.3 is 5.97 Å². The lowest BCUT2D eigenvalue weighted by Gasteiger charge is -2.27. The summed E-state index contributed by atoms with van der Waals surface area (Å²) in [5.74, 6) is -1.47. The van der Waals surface area contributed by atoms with Crippen LogP contribution in [-0.4, -0.2) is 17.7 Å². The molecular formula is C23H20Cl3FN2O3. The van der Waals surface area contributed by atoms with Crippen LogP contribution in [0.3, 0.4) is 0 Å². The maximum absolute atomic E-state index is 13.2. The fourth-order valence-electron chi connectivity index (χ4n) is 3.24. The maximum Gasteiger partial charge on any atom is 0.336 e. The van der Waals surface area contributed by atoms with Crippen LogP contribution in [-0.2, 0) is 21.0 Å². The number of carbonyl (C=O) groups is 1. The summed E-state index contributed by atoms with van der Waals surface area (Å²) < 4.78 is 18.5. The maximum atomic E-state index is 13.2. The summed E-state index contributed by atoms with van der Waals surface area (Å²) in [4.78, 5) is 22.5. The van der Waals surface area contributed by atoms with Crippen molar-refractivity contribution >= 4 is 45.9 Å². The Morgan fingerprint density at radius 1 is 1.19 bits per heavy atom. The topological polar surface area (TPSA) is 59.9 Å². The Morgan fingerprint density at radius 2 is 1.91 bits per heavy atom. The van der Waals surface area contributed by atoms with Crippen LogP contribution >= 0.6 is 34.8 Å². The summed E-state index contributed by atoms with van der Waals surface area (Å²) in [6, 6.07) is 11.1. The van der Waals surface area contributed by atoms with E-state index in [-0.39, 0.29) is 23.4 Å². The Morgan fingerprint density at radius 3 is 2.56 bits per heavy atom. The first-order chi connectivity index (χ1) is 15.3. The smallest absolute Gasteiger partial charge is 0.336 e. The van der Waals surface area contributed by atoms with E-state index in [4.69, 9.17) is 44.4 Å². The third kappa shape index (κ3) is 5.70. The highest BCUT2D eigenvalue weighted by Crippen LogP contribution is 2.40. The fraction of sp³-hybridized carbons (Fsp3) is 0.217. The first kappa shape index (κ1) is 24.3. The van der Waals surface area contributed by atoms with Crippen molar-refractivity contribution in [3.63, 3.8) is 0 Å². The van der Waals surface area contributed by atoms with Gasteiger partial charge in [-0.2, -0.15) is 0 Å². The lowest BCUT2D eigenvalue weighted by molar-refractivity contribution is -0.138. The molecule has 3 rings (SSSR count). The molecule has 0 aliphatic carbocycles. The minimum absolute atomic E-state index is 0.0723. The van der Waals surface area contributed by atoms with E-state index in [9.17, 15) is 9.18 Å². The summed E-state index contributed by atoms with van der Waals surface area (Å²) in [6.07, 6.45) is 1.52. The SMILES string of the molecule is CCOC(=O)C1=C(C)N=C(Cl)C(=CNOCc2ccc(F)cc2Cl)[C@H]1c1ccc(Cl)cc1. The Kier molecular flexibility index (Phi) is 8.32. The first-order valence-corrected chi connectivity index (χ1v) is 10.8. The first-order valence-electron chi connectivity index (χ1n) is 9.71. The highest BCUT2D eigenvalue weighted by Gasteiger charge is 2.34. The van der Waals surface area contributed by atoms with Gasteiger partial charge in [-0.3, -0.25) is 10.3 Å². The average molecular weight is 498 g/mol. The van der Waals surface area contributed by atoms with Crippen molar-refractivity contribution in [1.82, 2.24) is 5.48 Å². The predicted octanol–water partition coefficient (Wildman–Crippen LogP) is 6.31. The Labute approximate surface area is 200 Å². The van der Waals surface area contributed by atoms with Crippen LogP contribution in [0.1, 0.15) is 30.9 Å². The van der Waals surface area contributed by atoms with Gasteiger partial charge in [-0.15, -0.1) is 0 Å². The second-order valence-corrected chi connectivity index (χ2v) is 8.05. The number of halogens is 4. The van der Waals surface area contributed by atoms with Crippen molar-refractivity contribution in [2.75, 3.05) is 6.61 Å². The number of nitrogens with one attached hydrogen (secondary N) is 1. The van der Waals surface area contributed by atoms with Gasteiger partial charge in [-0.1, -0.05) is 53.0 Å².